The molecule has 19 heavy (non-hydrogen) atoms. The van der Waals surface area contributed by atoms with Crippen LogP contribution in [0.5, 0.6) is 0 Å². The minimum atomic E-state index is -0.278. The van der Waals surface area contributed by atoms with Crippen molar-refractivity contribution < 1.29 is 4.79 Å². The average molecular weight is 248 g/mol. The molecule has 0 radical (unpaired) electrons. The molecule has 0 aromatic heterocycles. The molecule has 0 bridgehead atoms. The molecule has 0 saturated carbocycles. The Morgan fingerprint density at radius 2 is 1.32 bits per heavy atom. The van der Waals surface area contributed by atoms with E-state index in [1.54, 1.807) is 6.08 Å². The first-order valence-electron chi connectivity index (χ1n) is 6.56. The Bertz CT molecular complexity index is 584. The summed E-state index contributed by atoms with van der Waals surface area (Å²) in [6, 6.07) is 20.6. The van der Waals surface area contributed by atoms with E-state index in [2.05, 4.69) is 31.2 Å². The molecule has 1 aliphatic carbocycles. The second kappa shape index (κ2) is 4.51. The van der Waals surface area contributed by atoms with Crippen molar-refractivity contribution in [2.45, 2.75) is 18.8 Å². The molecule has 3 rings (SSSR count). The number of carbonyl (C=O) groups excluding carboxylic acids is 1. The van der Waals surface area contributed by atoms with Gasteiger partial charge in [-0.2, -0.15) is 0 Å². The van der Waals surface area contributed by atoms with Gasteiger partial charge in [-0.25, -0.2) is 0 Å². The van der Waals surface area contributed by atoms with Crippen LogP contribution in [0.1, 0.15) is 24.5 Å². The van der Waals surface area contributed by atoms with E-state index in [4.69, 9.17) is 0 Å². The van der Waals surface area contributed by atoms with E-state index < -0.39 is 0 Å². The van der Waals surface area contributed by atoms with Gasteiger partial charge in [0.25, 0.3) is 0 Å². The molecule has 2 aromatic carbocycles. The molecule has 0 aliphatic heterocycles. The number of rotatable bonds is 2. The van der Waals surface area contributed by atoms with E-state index in [1.807, 2.05) is 36.4 Å². The fourth-order valence-corrected chi connectivity index (χ4v) is 3.09. The van der Waals surface area contributed by atoms with Gasteiger partial charge in [-0.15, -0.1) is 0 Å². The Balaban J connectivity index is 2.24. The standard InChI is InChI=1S/C18H16O/c1-14-12-17(19)13-18(14,15-8-4-2-5-9-15)16-10-6-3-7-11-16/h2-12H,13H2,1H3. The highest BCUT2D eigenvalue weighted by molar-refractivity contribution is 5.96. The molecule has 0 saturated heterocycles. The third-order valence-electron chi connectivity index (χ3n) is 4.02. The van der Waals surface area contributed by atoms with Crippen molar-refractivity contribution in [1.82, 2.24) is 0 Å². The SMILES string of the molecule is CC1=CC(=O)CC1(c1ccccc1)c1ccccc1. The maximum absolute atomic E-state index is 11.9. The Kier molecular flexibility index (Phi) is 2.83. The van der Waals surface area contributed by atoms with Gasteiger partial charge in [-0.05, 0) is 24.1 Å². The zero-order valence-electron chi connectivity index (χ0n) is 11.0. The smallest absolute Gasteiger partial charge is 0.157 e. The molecular weight excluding hydrogens is 232 g/mol. The van der Waals surface area contributed by atoms with Crippen LogP contribution in [0, 0.1) is 0 Å². The topological polar surface area (TPSA) is 17.1 Å². The van der Waals surface area contributed by atoms with Gasteiger partial charge in [0.2, 0.25) is 0 Å². The van der Waals surface area contributed by atoms with E-state index in [0.29, 0.717) is 6.42 Å². The van der Waals surface area contributed by atoms with Gasteiger partial charge in [0.1, 0.15) is 0 Å². The third kappa shape index (κ3) is 1.82. The van der Waals surface area contributed by atoms with Crippen LogP contribution in [0.25, 0.3) is 0 Å². The predicted molar refractivity (Wildman–Crippen MR) is 77.0 cm³/mol. The van der Waals surface area contributed by atoms with Crippen LogP contribution in [0.3, 0.4) is 0 Å². The van der Waals surface area contributed by atoms with Crippen molar-refractivity contribution in [2.75, 3.05) is 0 Å². The quantitative estimate of drug-likeness (QED) is 0.788. The fourth-order valence-electron chi connectivity index (χ4n) is 3.09. The van der Waals surface area contributed by atoms with Crippen LogP contribution in [-0.4, -0.2) is 5.78 Å². The Labute approximate surface area is 113 Å². The Morgan fingerprint density at radius 1 is 0.842 bits per heavy atom. The number of benzene rings is 2. The monoisotopic (exact) mass is 248 g/mol. The second-order valence-electron chi connectivity index (χ2n) is 5.11. The molecule has 2 aromatic rings. The summed E-state index contributed by atoms with van der Waals surface area (Å²) >= 11 is 0. The number of allylic oxidation sites excluding steroid dienone is 2. The number of hydrogen-bond donors (Lipinski definition) is 0. The van der Waals surface area contributed by atoms with Crippen molar-refractivity contribution in [3.8, 4) is 0 Å². The molecule has 94 valence electrons. The first kappa shape index (κ1) is 11.9. The van der Waals surface area contributed by atoms with Crippen LogP contribution in [0.4, 0.5) is 0 Å². The summed E-state index contributed by atoms with van der Waals surface area (Å²) in [6.45, 7) is 2.06. The summed E-state index contributed by atoms with van der Waals surface area (Å²) < 4.78 is 0. The number of ketones is 1. The fraction of sp³-hybridized carbons (Fsp3) is 0.167. The van der Waals surface area contributed by atoms with Gasteiger partial charge in [-0.3, -0.25) is 4.79 Å². The lowest BCUT2D eigenvalue weighted by atomic mass is 9.70. The first-order chi connectivity index (χ1) is 9.23. The van der Waals surface area contributed by atoms with Crippen LogP contribution >= 0.6 is 0 Å². The predicted octanol–water partition coefficient (Wildman–Crippen LogP) is 3.89. The maximum Gasteiger partial charge on any atom is 0.157 e. The molecule has 0 N–H and O–H groups in total. The lowest BCUT2D eigenvalue weighted by molar-refractivity contribution is -0.114. The molecule has 0 amide bonds. The Morgan fingerprint density at radius 3 is 1.68 bits per heavy atom. The largest absolute Gasteiger partial charge is 0.295 e. The zero-order valence-corrected chi connectivity index (χ0v) is 11.0. The maximum atomic E-state index is 11.9. The normalized spacial score (nSPS) is 17.3. The lowest BCUT2D eigenvalue weighted by Crippen LogP contribution is -2.27. The van der Waals surface area contributed by atoms with E-state index in [9.17, 15) is 4.79 Å². The van der Waals surface area contributed by atoms with Gasteiger partial charge >= 0.3 is 0 Å². The van der Waals surface area contributed by atoms with Crippen molar-refractivity contribution in [3.63, 3.8) is 0 Å². The van der Waals surface area contributed by atoms with Gasteiger partial charge < -0.3 is 0 Å². The zero-order chi connectivity index (χ0) is 13.3. The van der Waals surface area contributed by atoms with Gasteiger partial charge in [0.15, 0.2) is 5.78 Å². The highest BCUT2D eigenvalue weighted by atomic mass is 16.1. The highest BCUT2D eigenvalue weighted by Gasteiger charge is 2.41. The minimum Gasteiger partial charge on any atom is -0.295 e. The number of carbonyl (C=O) groups is 1. The highest BCUT2D eigenvalue weighted by Crippen LogP contribution is 2.45. The molecule has 1 nitrogen and oxygen atoms in total. The summed E-state index contributed by atoms with van der Waals surface area (Å²) in [7, 11) is 0. The van der Waals surface area contributed by atoms with Crippen molar-refractivity contribution in [2.24, 2.45) is 0 Å². The molecule has 0 atom stereocenters. The van der Waals surface area contributed by atoms with Crippen LogP contribution in [0.15, 0.2) is 72.3 Å². The van der Waals surface area contributed by atoms with E-state index in [0.717, 1.165) is 5.57 Å². The molecule has 0 heterocycles. The second-order valence-corrected chi connectivity index (χ2v) is 5.11. The van der Waals surface area contributed by atoms with Crippen LogP contribution in [0.2, 0.25) is 0 Å². The van der Waals surface area contributed by atoms with Gasteiger partial charge in [-0.1, -0.05) is 66.2 Å². The van der Waals surface area contributed by atoms with Crippen molar-refractivity contribution in [3.05, 3.63) is 83.4 Å². The summed E-state index contributed by atoms with van der Waals surface area (Å²) in [5, 5.41) is 0. The van der Waals surface area contributed by atoms with Gasteiger partial charge in [0.05, 0.1) is 0 Å². The molecular formula is C18H16O. The average Bonchev–Trinajstić information content (AvgIpc) is 2.76. The van der Waals surface area contributed by atoms with E-state index >= 15 is 0 Å². The van der Waals surface area contributed by atoms with E-state index in [1.165, 1.54) is 11.1 Å². The molecule has 0 spiro atoms. The van der Waals surface area contributed by atoms with Crippen molar-refractivity contribution >= 4 is 5.78 Å². The van der Waals surface area contributed by atoms with E-state index in [-0.39, 0.29) is 11.2 Å². The summed E-state index contributed by atoms with van der Waals surface area (Å²) in [6.07, 6.45) is 2.33. The summed E-state index contributed by atoms with van der Waals surface area (Å²) in [5.74, 6) is 0.213. The van der Waals surface area contributed by atoms with Crippen LogP contribution in [-0.2, 0) is 10.2 Å². The summed E-state index contributed by atoms with van der Waals surface area (Å²) in [5.41, 5.74) is 3.25. The van der Waals surface area contributed by atoms with Crippen LogP contribution < -0.4 is 0 Å². The molecule has 1 aliphatic rings. The molecule has 0 unspecified atom stereocenters. The van der Waals surface area contributed by atoms with Gasteiger partial charge in [0, 0.05) is 11.8 Å². The first-order valence-corrected chi connectivity index (χ1v) is 6.56. The summed E-state index contributed by atoms with van der Waals surface area (Å²) in [4.78, 5) is 11.9. The lowest BCUT2D eigenvalue weighted by Gasteiger charge is -2.32. The molecule has 0 fully saturated rings. The Hall–Kier alpha value is -2.15. The third-order valence-corrected chi connectivity index (χ3v) is 4.02. The minimum absolute atomic E-state index is 0.213. The molecule has 1 heteroatoms. The van der Waals surface area contributed by atoms with Crippen molar-refractivity contribution in [1.29, 1.82) is 0 Å². The number of hydrogen-bond acceptors (Lipinski definition) is 1.